The van der Waals surface area contributed by atoms with Crippen LogP contribution in [0.5, 0.6) is 0 Å². The fourth-order valence-electron chi connectivity index (χ4n) is 1.09. The molecule has 0 bridgehead atoms. The number of hydroxylamine groups is 2. The zero-order valence-electron chi connectivity index (χ0n) is 12.3. The average Bonchev–Trinajstić information content (AvgIpc) is 2.39. The van der Waals surface area contributed by atoms with E-state index in [0.717, 1.165) is 0 Å². The van der Waals surface area contributed by atoms with Gasteiger partial charge in [-0.2, -0.15) is 0 Å². The largest absolute Gasteiger partial charge is 0.635 e. The zero-order valence-corrected chi connectivity index (χ0v) is 15.3. The molecule has 2 atom stereocenters. The Balaban J connectivity index is -0.000000333. The Bertz CT molecular complexity index is 359. The molecule has 13 heteroatoms. The summed E-state index contributed by atoms with van der Waals surface area (Å²) in [6.45, 7) is 0. The standard InChI is InChI=1S/2C5H10N2O4.Zn/c2*6-4(8)2-1-3(7-11)5(9)10;/h2*3H,1-2,7H2,(H2,6,8)(H,9,10);/t2*3-;/m00./s1. The molecular weight excluding hydrogens is 370 g/mol. The van der Waals surface area contributed by atoms with Gasteiger partial charge in [-0.25, -0.2) is 9.59 Å². The number of carbonyl (C=O) groups is 4. The molecule has 0 fully saturated rings. The van der Waals surface area contributed by atoms with E-state index in [2.05, 4.69) is 0 Å². The van der Waals surface area contributed by atoms with Gasteiger partial charge in [0, 0.05) is 45.2 Å². The summed E-state index contributed by atoms with van der Waals surface area (Å²) in [4.78, 5) is 40.6. The average molecular weight is 390 g/mol. The number of carboxylic acid groups (broad SMARTS) is 2. The predicted octanol–water partition coefficient (Wildman–Crippen LogP) is -4.47. The fourth-order valence-corrected chi connectivity index (χ4v) is 1.09. The Morgan fingerprint density at radius 1 is 0.826 bits per heavy atom. The summed E-state index contributed by atoms with van der Waals surface area (Å²) in [5, 5.41) is 36.7. The van der Waals surface area contributed by atoms with Crippen LogP contribution in [-0.2, 0) is 38.7 Å². The number of quaternary nitrogens is 2. The number of nitrogens with two attached hydrogens (primary N) is 4. The van der Waals surface area contributed by atoms with Crippen LogP contribution in [0.4, 0.5) is 0 Å². The number of hydrogen-bond donors (Lipinski definition) is 6. The van der Waals surface area contributed by atoms with Gasteiger partial charge in [-0.05, 0) is 0 Å². The molecule has 0 radical (unpaired) electrons. The van der Waals surface area contributed by atoms with Crippen molar-refractivity contribution in [3.8, 4) is 0 Å². The van der Waals surface area contributed by atoms with E-state index in [1.165, 1.54) is 0 Å². The first kappa shape index (κ1) is 26.3. The van der Waals surface area contributed by atoms with Gasteiger partial charge in [0.15, 0.2) is 12.1 Å². The minimum atomic E-state index is -1.22. The zero-order chi connectivity index (χ0) is 17.7. The summed E-state index contributed by atoms with van der Waals surface area (Å²) in [6.07, 6.45) is -0.187. The number of hydrogen-bond acceptors (Lipinski definition) is 6. The van der Waals surface area contributed by atoms with Crippen LogP contribution in [-0.4, -0.2) is 46.0 Å². The molecule has 0 spiro atoms. The van der Waals surface area contributed by atoms with Crippen molar-refractivity contribution < 1.29 is 59.8 Å². The van der Waals surface area contributed by atoms with E-state index < -0.39 is 35.8 Å². The monoisotopic (exact) mass is 388 g/mol. The van der Waals surface area contributed by atoms with Crippen molar-refractivity contribution in [2.24, 2.45) is 11.5 Å². The molecule has 0 aliphatic carbocycles. The maximum Gasteiger partial charge on any atom is 0.362 e. The van der Waals surface area contributed by atoms with Crippen LogP contribution < -0.4 is 22.4 Å². The SMILES string of the molecule is NC(=O)CC[C@H]([NH2+][O-])C(=O)O.NC(=O)CC[C@H]([NH2+][O-])C(=O)O.[Zn]. The molecule has 0 aromatic rings. The van der Waals surface area contributed by atoms with Gasteiger partial charge in [0.25, 0.3) is 0 Å². The summed E-state index contributed by atoms with van der Waals surface area (Å²) in [5.74, 6) is -3.64. The van der Waals surface area contributed by atoms with E-state index in [4.69, 9.17) is 21.7 Å². The number of carboxylic acids is 2. The quantitative estimate of drug-likeness (QED) is 0.157. The van der Waals surface area contributed by atoms with Crippen molar-refractivity contribution >= 4 is 23.8 Å². The Labute approximate surface area is 143 Å². The Kier molecular flexibility index (Phi) is 17.4. The van der Waals surface area contributed by atoms with Gasteiger partial charge >= 0.3 is 11.9 Å². The molecule has 0 aromatic heterocycles. The molecular formula is C10H20N4O8Zn. The Morgan fingerprint density at radius 2 is 1.09 bits per heavy atom. The third-order valence-corrected chi connectivity index (χ3v) is 2.37. The summed E-state index contributed by atoms with van der Waals surface area (Å²) in [6, 6.07) is -2.22. The van der Waals surface area contributed by atoms with Gasteiger partial charge in [0.2, 0.25) is 11.8 Å². The van der Waals surface area contributed by atoms with Crippen LogP contribution in [0.1, 0.15) is 25.7 Å². The van der Waals surface area contributed by atoms with Gasteiger partial charge in [0.05, 0.1) is 0 Å². The molecule has 0 saturated carbocycles. The van der Waals surface area contributed by atoms with E-state index in [9.17, 15) is 29.6 Å². The first-order valence-corrected chi connectivity index (χ1v) is 6.08. The molecule has 0 aliphatic rings. The Hall–Kier alpha value is -1.66. The van der Waals surface area contributed by atoms with Crippen LogP contribution in [0.2, 0.25) is 0 Å². The second kappa shape index (κ2) is 15.2. The van der Waals surface area contributed by atoms with Crippen LogP contribution in [0.15, 0.2) is 0 Å². The van der Waals surface area contributed by atoms with Crippen molar-refractivity contribution in [1.29, 1.82) is 0 Å². The molecule has 0 saturated heterocycles. The molecule has 130 valence electrons. The van der Waals surface area contributed by atoms with Crippen molar-refractivity contribution in [3.05, 3.63) is 10.4 Å². The summed E-state index contributed by atoms with van der Waals surface area (Å²) >= 11 is 0. The molecule has 2 amide bonds. The third kappa shape index (κ3) is 16.5. The number of primary amides is 2. The topological polar surface area (TPSA) is 240 Å². The van der Waals surface area contributed by atoms with E-state index in [1.807, 2.05) is 0 Å². The second-order valence-electron chi connectivity index (χ2n) is 4.17. The van der Waals surface area contributed by atoms with E-state index in [-0.39, 0.29) is 45.2 Å². The number of carbonyl (C=O) groups excluding carboxylic acids is 2. The second-order valence-corrected chi connectivity index (χ2v) is 4.17. The van der Waals surface area contributed by atoms with E-state index >= 15 is 0 Å². The number of rotatable bonds is 10. The smallest absolute Gasteiger partial charge is 0.362 e. The summed E-state index contributed by atoms with van der Waals surface area (Å²) in [7, 11) is 0. The van der Waals surface area contributed by atoms with Gasteiger partial charge in [0.1, 0.15) is 0 Å². The van der Waals surface area contributed by atoms with E-state index in [1.54, 1.807) is 0 Å². The number of amides is 2. The summed E-state index contributed by atoms with van der Waals surface area (Å²) < 4.78 is 0. The number of aliphatic carboxylic acids is 2. The van der Waals surface area contributed by atoms with Crippen LogP contribution >= 0.6 is 0 Å². The fraction of sp³-hybridized carbons (Fsp3) is 0.600. The maximum absolute atomic E-state index is 10.2. The first-order valence-electron chi connectivity index (χ1n) is 6.08. The van der Waals surface area contributed by atoms with Crippen molar-refractivity contribution in [2.45, 2.75) is 37.8 Å². The van der Waals surface area contributed by atoms with Gasteiger partial charge in [-0.3, -0.25) is 9.59 Å². The van der Waals surface area contributed by atoms with E-state index in [0.29, 0.717) is 11.0 Å². The van der Waals surface area contributed by atoms with Crippen molar-refractivity contribution in [3.63, 3.8) is 0 Å². The molecule has 0 aliphatic heterocycles. The molecule has 0 unspecified atom stereocenters. The first-order chi connectivity index (χ1) is 10.1. The molecule has 12 nitrogen and oxygen atoms in total. The third-order valence-electron chi connectivity index (χ3n) is 2.37. The van der Waals surface area contributed by atoms with Crippen LogP contribution in [0.25, 0.3) is 0 Å². The molecule has 0 heterocycles. The molecule has 0 aromatic carbocycles. The normalized spacial score (nSPS) is 11.9. The van der Waals surface area contributed by atoms with Gasteiger partial charge in [-0.1, -0.05) is 0 Å². The minimum absolute atomic E-state index is 0. The van der Waals surface area contributed by atoms with Crippen LogP contribution in [0.3, 0.4) is 0 Å². The molecule has 23 heavy (non-hydrogen) atoms. The van der Waals surface area contributed by atoms with Crippen molar-refractivity contribution in [1.82, 2.24) is 0 Å². The molecule has 0 rings (SSSR count). The minimum Gasteiger partial charge on any atom is -0.635 e. The van der Waals surface area contributed by atoms with Crippen LogP contribution in [0, 0.1) is 10.4 Å². The maximum atomic E-state index is 10.2. The summed E-state index contributed by atoms with van der Waals surface area (Å²) in [5.41, 5.74) is 10.1. The molecule has 10 N–H and O–H groups in total. The van der Waals surface area contributed by atoms with Gasteiger partial charge < -0.3 is 43.1 Å². The Morgan fingerprint density at radius 3 is 1.22 bits per heavy atom. The van der Waals surface area contributed by atoms with Gasteiger partial charge in [-0.15, -0.1) is 0 Å². The van der Waals surface area contributed by atoms with Crippen molar-refractivity contribution in [2.75, 3.05) is 0 Å². The predicted molar refractivity (Wildman–Crippen MR) is 70.3 cm³/mol.